The van der Waals surface area contributed by atoms with Crippen LogP contribution >= 0.6 is 0 Å². The molecule has 0 radical (unpaired) electrons. The number of ether oxygens (including phenoxy) is 3. The van der Waals surface area contributed by atoms with E-state index in [1.165, 1.54) is 57.8 Å². The number of carbonyl (C=O) groups is 3. The molecule has 318 valence electrons. The number of allylic oxidation sites excluding steroid dienone is 14. The fraction of sp³-hybridized carbons (Fsp3) is 0.660. The molecule has 0 aromatic rings. The summed E-state index contributed by atoms with van der Waals surface area (Å²) in [5.74, 6) is -0.970. The Hall–Kier alpha value is -3.41. The molecule has 0 amide bonds. The predicted molar refractivity (Wildman–Crippen MR) is 237 cm³/mol. The van der Waals surface area contributed by atoms with Gasteiger partial charge >= 0.3 is 17.9 Å². The summed E-state index contributed by atoms with van der Waals surface area (Å²) in [6.07, 6.45) is 55.6. The highest BCUT2D eigenvalue weighted by molar-refractivity contribution is 5.71. The van der Waals surface area contributed by atoms with Crippen molar-refractivity contribution in [3.05, 3.63) is 85.1 Å². The molecule has 0 fully saturated rings. The Kier molecular flexibility index (Phi) is 41.6. The van der Waals surface area contributed by atoms with E-state index in [-0.39, 0.29) is 31.1 Å². The normalized spacial score (nSPS) is 12.8. The smallest absolute Gasteiger partial charge is 0.306 e. The molecule has 0 rings (SSSR count). The highest BCUT2D eigenvalue weighted by Crippen LogP contribution is 2.12. The van der Waals surface area contributed by atoms with E-state index in [0.717, 1.165) is 96.3 Å². The van der Waals surface area contributed by atoms with Gasteiger partial charge in [0.25, 0.3) is 0 Å². The zero-order valence-electron chi connectivity index (χ0n) is 36.1. The largest absolute Gasteiger partial charge is 0.462 e. The van der Waals surface area contributed by atoms with Gasteiger partial charge in [0.1, 0.15) is 13.2 Å². The first-order valence-electron chi connectivity index (χ1n) is 22.7. The van der Waals surface area contributed by atoms with Crippen LogP contribution in [0.2, 0.25) is 0 Å². The number of rotatable bonds is 39. The molecule has 0 N–H and O–H groups in total. The maximum atomic E-state index is 12.7. The Bertz CT molecular complexity index is 1120. The zero-order chi connectivity index (χ0) is 40.8. The van der Waals surface area contributed by atoms with E-state index in [9.17, 15) is 14.4 Å². The monoisotopic (exact) mass is 779 g/mol. The summed E-state index contributed by atoms with van der Waals surface area (Å²) in [6.45, 7) is 6.35. The van der Waals surface area contributed by atoms with Crippen molar-refractivity contribution in [1.82, 2.24) is 0 Å². The second-order valence-electron chi connectivity index (χ2n) is 14.7. The van der Waals surface area contributed by atoms with Gasteiger partial charge in [0, 0.05) is 19.3 Å². The lowest BCUT2D eigenvalue weighted by Gasteiger charge is -2.18. The van der Waals surface area contributed by atoms with Crippen molar-refractivity contribution in [2.24, 2.45) is 0 Å². The number of carbonyl (C=O) groups excluding carboxylic acids is 3. The molecule has 0 aliphatic rings. The number of unbranched alkanes of at least 4 members (excludes halogenated alkanes) is 18. The SMILES string of the molecule is CC\C=C/C=C\C=C/C=C\C=C/CCCCCC(=O)OCC(COC(=O)CCCCCCC/C=C\CCCC)OC(=O)CCCCCCC/C=C\CCCCC. The maximum absolute atomic E-state index is 12.7. The van der Waals surface area contributed by atoms with Crippen LogP contribution in [0.5, 0.6) is 0 Å². The van der Waals surface area contributed by atoms with Gasteiger partial charge in [-0.05, 0) is 83.5 Å². The van der Waals surface area contributed by atoms with Gasteiger partial charge in [0.2, 0.25) is 0 Å². The quantitative estimate of drug-likeness (QED) is 0.0203. The van der Waals surface area contributed by atoms with Crippen LogP contribution in [0.25, 0.3) is 0 Å². The van der Waals surface area contributed by atoms with Crippen molar-refractivity contribution in [2.75, 3.05) is 13.2 Å². The molecule has 0 spiro atoms. The van der Waals surface area contributed by atoms with Crippen LogP contribution in [0.3, 0.4) is 0 Å². The van der Waals surface area contributed by atoms with Crippen LogP contribution in [-0.4, -0.2) is 37.2 Å². The van der Waals surface area contributed by atoms with Crippen molar-refractivity contribution < 1.29 is 28.6 Å². The first kappa shape index (κ1) is 52.6. The van der Waals surface area contributed by atoms with E-state index < -0.39 is 6.10 Å². The molecule has 1 atom stereocenters. The third kappa shape index (κ3) is 41.7. The summed E-state index contributed by atoms with van der Waals surface area (Å²) < 4.78 is 16.6. The molecular weight excluding hydrogens is 697 g/mol. The standard InChI is InChI=1S/C50H82O6/c1-4-7-10-13-16-19-22-24-25-26-29-31-34-37-40-43-49(52)55-46-47(45-54-48(51)42-39-36-33-30-27-21-18-15-12-9-6-3)56-50(53)44-41-38-35-32-28-23-20-17-14-11-8-5-2/h7,10,13,15-20,22,24-26,29,47H,4-6,8-9,11-12,14,21,23,27-28,30-46H2,1-3H3/b10-7-,16-13-,18-15-,20-17-,22-19-,25-24-,29-26-. The van der Waals surface area contributed by atoms with E-state index in [1.807, 2.05) is 48.6 Å². The average molecular weight is 779 g/mol. The van der Waals surface area contributed by atoms with Crippen LogP contribution in [-0.2, 0) is 28.6 Å². The molecule has 6 heteroatoms. The minimum atomic E-state index is -0.799. The van der Waals surface area contributed by atoms with E-state index in [1.54, 1.807) is 0 Å². The highest BCUT2D eigenvalue weighted by atomic mass is 16.6. The van der Waals surface area contributed by atoms with Gasteiger partial charge in [-0.1, -0.05) is 176 Å². The Morgan fingerprint density at radius 3 is 1.21 bits per heavy atom. The number of esters is 3. The highest BCUT2D eigenvalue weighted by Gasteiger charge is 2.19. The molecule has 0 aromatic carbocycles. The number of hydrogen-bond donors (Lipinski definition) is 0. The van der Waals surface area contributed by atoms with E-state index in [0.29, 0.717) is 19.3 Å². The van der Waals surface area contributed by atoms with Crippen molar-refractivity contribution >= 4 is 17.9 Å². The summed E-state index contributed by atoms with van der Waals surface area (Å²) >= 11 is 0. The minimum absolute atomic E-state index is 0.0994. The lowest BCUT2D eigenvalue weighted by atomic mass is 10.1. The summed E-state index contributed by atoms with van der Waals surface area (Å²) in [5.41, 5.74) is 0. The van der Waals surface area contributed by atoms with Crippen molar-refractivity contribution in [3.63, 3.8) is 0 Å². The molecular formula is C50H82O6. The first-order chi connectivity index (χ1) is 27.5. The summed E-state index contributed by atoms with van der Waals surface area (Å²) in [6, 6.07) is 0. The zero-order valence-corrected chi connectivity index (χ0v) is 36.1. The fourth-order valence-corrected chi connectivity index (χ4v) is 5.79. The van der Waals surface area contributed by atoms with Gasteiger partial charge in [-0.25, -0.2) is 0 Å². The third-order valence-electron chi connectivity index (χ3n) is 9.23. The van der Waals surface area contributed by atoms with Gasteiger partial charge in [-0.2, -0.15) is 0 Å². The lowest BCUT2D eigenvalue weighted by molar-refractivity contribution is -0.167. The van der Waals surface area contributed by atoms with Crippen molar-refractivity contribution in [2.45, 2.75) is 200 Å². The minimum Gasteiger partial charge on any atom is -0.462 e. The second-order valence-corrected chi connectivity index (χ2v) is 14.7. The molecule has 0 aliphatic heterocycles. The van der Waals surface area contributed by atoms with Crippen molar-refractivity contribution in [1.29, 1.82) is 0 Å². The molecule has 0 aliphatic carbocycles. The molecule has 1 unspecified atom stereocenters. The molecule has 0 saturated heterocycles. The van der Waals surface area contributed by atoms with Crippen LogP contribution in [0.15, 0.2) is 85.1 Å². The van der Waals surface area contributed by atoms with Gasteiger partial charge in [-0.15, -0.1) is 0 Å². The van der Waals surface area contributed by atoms with Gasteiger partial charge in [-0.3, -0.25) is 14.4 Å². The van der Waals surface area contributed by atoms with Gasteiger partial charge in [0.15, 0.2) is 6.10 Å². The summed E-state index contributed by atoms with van der Waals surface area (Å²) in [4.78, 5) is 37.7. The lowest BCUT2D eigenvalue weighted by Crippen LogP contribution is -2.30. The third-order valence-corrected chi connectivity index (χ3v) is 9.23. The maximum Gasteiger partial charge on any atom is 0.306 e. The van der Waals surface area contributed by atoms with Crippen molar-refractivity contribution in [3.8, 4) is 0 Å². The van der Waals surface area contributed by atoms with Gasteiger partial charge < -0.3 is 14.2 Å². The Morgan fingerprint density at radius 1 is 0.375 bits per heavy atom. The summed E-state index contributed by atoms with van der Waals surface area (Å²) in [7, 11) is 0. The van der Waals surface area contributed by atoms with E-state index in [4.69, 9.17) is 14.2 Å². The van der Waals surface area contributed by atoms with Crippen LogP contribution in [0, 0.1) is 0 Å². The van der Waals surface area contributed by atoms with Gasteiger partial charge in [0.05, 0.1) is 0 Å². The molecule has 56 heavy (non-hydrogen) atoms. The fourth-order valence-electron chi connectivity index (χ4n) is 5.79. The predicted octanol–water partition coefficient (Wildman–Crippen LogP) is 14.5. The Labute approximate surface area is 344 Å². The molecule has 0 bridgehead atoms. The average Bonchev–Trinajstić information content (AvgIpc) is 3.19. The topological polar surface area (TPSA) is 78.9 Å². The molecule has 6 nitrogen and oxygen atoms in total. The van der Waals surface area contributed by atoms with E-state index in [2.05, 4.69) is 57.2 Å². The Balaban J connectivity index is 4.50. The first-order valence-corrected chi connectivity index (χ1v) is 22.7. The second kappa shape index (κ2) is 44.3. The molecule has 0 heterocycles. The molecule has 0 saturated carbocycles. The van der Waals surface area contributed by atoms with E-state index >= 15 is 0 Å². The number of hydrogen-bond acceptors (Lipinski definition) is 6. The van der Waals surface area contributed by atoms with Crippen LogP contribution in [0.1, 0.15) is 194 Å². The van der Waals surface area contributed by atoms with Crippen LogP contribution < -0.4 is 0 Å². The van der Waals surface area contributed by atoms with Crippen LogP contribution in [0.4, 0.5) is 0 Å². The Morgan fingerprint density at radius 2 is 0.732 bits per heavy atom. The summed E-state index contributed by atoms with van der Waals surface area (Å²) in [5, 5.41) is 0. The molecule has 0 aromatic heterocycles.